The van der Waals surface area contributed by atoms with Crippen molar-refractivity contribution in [3.63, 3.8) is 0 Å². The predicted octanol–water partition coefficient (Wildman–Crippen LogP) is 2.74. The third kappa shape index (κ3) is 3.95. The molecule has 0 aliphatic rings. The first kappa shape index (κ1) is 15.3. The molecule has 6 heteroatoms. The number of anilines is 1. The number of carbonyl (C=O) groups excluding carboxylic acids is 2. The summed E-state index contributed by atoms with van der Waals surface area (Å²) < 4.78 is 1.87. The second kappa shape index (κ2) is 6.58. The summed E-state index contributed by atoms with van der Waals surface area (Å²) in [6.45, 7) is 3.35. The molecular weight excluding hydrogens is 286 g/mol. The van der Waals surface area contributed by atoms with Gasteiger partial charge in [0.25, 0.3) is 0 Å². The summed E-state index contributed by atoms with van der Waals surface area (Å²) in [6.07, 6.45) is 3.54. The van der Waals surface area contributed by atoms with Crippen molar-refractivity contribution in [3.05, 3.63) is 42.2 Å². The van der Waals surface area contributed by atoms with Gasteiger partial charge in [-0.1, -0.05) is 11.8 Å². The maximum absolute atomic E-state index is 12.1. The number of amides is 1. The van der Waals surface area contributed by atoms with Crippen LogP contribution in [0.2, 0.25) is 0 Å². The van der Waals surface area contributed by atoms with E-state index < -0.39 is 0 Å². The lowest BCUT2D eigenvalue weighted by Crippen LogP contribution is -2.22. The molecule has 0 saturated heterocycles. The van der Waals surface area contributed by atoms with Crippen LogP contribution in [0.4, 0.5) is 5.69 Å². The van der Waals surface area contributed by atoms with Crippen molar-refractivity contribution >= 4 is 29.1 Å². The molecule has 1 heterocycles. The van der Waals surface area contributed by atoms with Gasteiger partial charge in [0, 0.05) is 30.7 Å². The molecule has 5 nitrogen and oxygen atoms in total. The highest BCUT2D eigenvalue weighted by molar-refractivity contribution is 8.00. The number of Topliss-reactive ketones (excluding diaryl/α,β-unsaturated/α-hetero) is 1. The third-order valence-corrected chi connectivity index (χ3v) is 4.16. The first-order chi connectivity index (χ1) is 9.97. The van der Waals surface area contributed by atoms with E-state index in [9.17, 15) is 9.59 Å². The zero-order valence-corrected chi connectivity index (χ0v) is 13.0. The Morgan fingerprint density at radius 3 is 2.48 bits per heavy atom. The van der Waals surface area contributed by atoms with Crippen molar-refractivity contribution in [2.75, 3.05) is 5.32 Å². The van der Waals surface area contributed by atoms with E-state index in [1.807, 2.05) is 24.7 Å². The number of hydrogen-bond donors (Lipinski definition) is 1. The second-order valence-electron chi connectivity index (χ2n) is 4.70. The molecular formula is C15H17N3O2S. The molecule has 0 saturated carbocycles. The fourth-order valence-electron chi connectivity index (χ4n) is 1.71. The molecule has 1 aromatic heterocycles. The zero-order valence-electron chi connectivity index (χ0n) is 12.2. The number of imidazole rings is 1. The molecule has 21 heavy (non-hydrogen) atoms. The second-order valence-corrected chi connectivity index (χ2v) is 6.01. The van der Waals surface area contributed by atoms with Crippen LogP contribution in [-0.2, 0) is 11.8 Å². The molecule has 1 N–H and O–H groups in total. The molecule has 110 valence electrons. The molecule has 0 radical (unpaired) electrons. The summed E-state index contributed by atoms with van der Waals surface area (Å²) in [7, 11) is 1.89. The molecule has 0 bridgehead atoms. The zero-order chi connectivity index (χ0) is 15.4. The van der Waals surface area contributed by atoms with E-state index in [0.29, 0.717) is 11.3 Å². The van der Waals surface area contributed by atoms with Gasteiger partial charge in [-0.2, -0.15) is 0 Å². The Hall–Kier alpha value is -2.08. The Balaban J connectivity index is 1.97. The molecule has 0 aliphatic carbocycles. The molecule has 1 aromatic carbocycles. The number of ketones is 1. The van der Waals surface area contributed by atoms with Crippen molar-refractivity contribution < 1.29 is 9.59 Å². The van der Waals surface area contributed by atoms with E-state index in [1.165, 1.54) is 18.7 Å². The minimum atomic E-state index is -0.265. The van der Waals surface area contributed by atoms with Crippen LogP contribution in [-0.4, -0.2) is 26.5 Å². The fraction of sp³-hybridized carbons (Fsp3) is 0.267. The van der Waals surface area contributed by atoms with Crippen molar-refractivity contribution in [1.82, 2.24) is 9.55 Å². The van der Waals surface area contributed by atoms with Crippen LogP contribution in [0.3, 0.4) is 0 Å². The van der Waals surface area contributed by atoms with Gasteiger partial charge < -0.3 is 9.88 Å². The van der Waals surface area contributed by atoms with Crippen molar-refractivity contribution in [2.24, 2.45) is 7.05 Å². The highest BCUT2D eigenvalue weighted by Crippen LogP contribution is 2.22. The van der Waals surface area contributed by atoms with E-state index in [2.05, 4.69) is 10.3 Å². The smallest absolute Gasteiger partial charge is 0.237 e. The van der Waals surface area contributed by atoms with Gasteiger partial charge >= 0.3 is 0 Å². The first-order valence-electron chi connectivity index (χ1n) is 6.53. The van der Waals surface area contributed by atoms with Gasteiger partial charge in [0.15, 0.2) is 10.9 Å². The van der Waals surface area contributed by atoms with Crippen molar-refractivity contribution in [3.8, 4) is 0 Å². The van der Waals surface area contributed by atoms with Crippen molar-refractivity contribution in [2.45, 2.75) is 24.3 Å². The van der Waals surface area contributed by atoms with Crippen LogP contribution in [0.1, 0.15) is 24.2 Å². The number of nitrogens with one attached hydrogen (secondary N) is 1. The maximum atomic E-state index is 12.1. The van der Waals surface area contributed by atoms with E-state index >= 15 is 0 Å². The molecule has 0 unspecified atom stereocenters. The van der Waals surface area contributed by atoms with E-state index in [4.69, 9.17) is 0 Å². The number of hydrogen-bond acceptors (Lipinski definition) is 4. The number of aryl methyl sites for hydroxylation is 1. The molecule has 0 aliphatic heterocycles. The summed E-state index contributed by atoms with van der Waals surface area (Å²) in [6, 6.07) is 6.86. The Kier molecular flexibility index (Phi) is 4.80. The van der Waals surface area contributed by atoms with Gasteiger partial charge in [-0.05, 0) is 38.1 Å². The van der Waals surface area contributed by atoms with Crippen LogP contribution < -0.4 is 5.32 Å². The number of rotatable bonds is 5. The molecule has 2 aromatic rings. The molecule has 1 atom stereocenters. The summed E-state index contributed by atoms with van der Waals surface area (Å²) >= 11 is 1.40. The van der Waals surface area contributed by atoms with E-state index in [1.54, 1.807) is 30.5 Å². The highest BCUT2D eigenvalue weighted by Gasteiger charge is 2.16. The number of nitrogens with zero attached hydrogens (tertiary/aromatic N) is 2. The molecule has 1 amide bonds. The van der Waals surface area contributed by atoms with Gasteiger partial charge in [-0.15, -0.1) is 0 Å². The normalized spacial score (nSPS) is 12.0. The minimum Gasteiger partial charge on any atom is -0.329 e. The quantitative estimate of drug-likeness (QED) is 0.681. The molecule has 2 rings (SSSR count). The lowest BCUT2D eigenvalue weighted by molar-refractivity contribution is -0.115. The van der Waals surface area contributed by atoms with Crippen LogP contribution in [0.15, 0.2) is 41.8 Å². The van der Waals surface area contributed by atoms with Gasteiger partial charge in [0.1, 0.15) is 0 Å². The fourth-order valence-corrected chi connectivity index (χ4v) is 2.54. The SMILES string of the molecule is CC(=O)c1ccc(NC(=O)[C@@H](C)Sc2nccn2C)cc1. The van der Waals surface area contributed by atoms with E-state index in [-0.39, 0.29) is 16.9 Å². The number of carbonyl (C=O) groups is 2. The van der Waals surface area contributed by atoms with Crippen molar-refractivity contribution in [1.29, 1.82) is 0 Å². The minimum absolute atomic E-state index is 0.00609. The van der Waals surface area contributed by atoms with Gasteiger partial charge in [0.2, 0.25) is 5.91 Å². The van der Waals surface area contributed by atoms with Crippen LogP contribution in [0, 0.1) is 0 Å². The molecule has 0 fully saturated rings. The van der Waals surface area contributed by atoms with Gasteiger partial charge in [0.05, 0.1) is 5.25 Å². The Bertz CT molecular complexity index is 649. The lowest BCUT2D eigenvalue weighted by Gasteiger charge is -2.11. The van der Waals surface area contributed by atoms with Crippen LogP contribution >= 0.6 is 11.8 Å². The first-order valence-corrected chi connectivity index (χ1v) is 7.41. The van der Waals surface area contributed by atoms with Gasteiger partial charge in [-0.25, -0.2) is 4.98 Å². The standard InChI is InChI=1S/C15H17N3O2S/c1-10(19)12-4-6-13(7-5-12)17-14(20)11(2)21-15-16-8-9-18(15)3/h4-9,11H,1-3H3,(H,17,20)/t11-/m1/s1. The number of aromatic nitrogens is 2. The summed E-state index contributed by atoms with van der Waals surface area (Å²) in [5, 5.41) is 3.36. The van der Waals surface area contributed by atoms with Crippen LogP contribution in [0.5, 0.6) is 0 Å². The number of thioether (sulfide) groups is 1. The highest BCUT2D eigenvalue weighted by atomic mass is 32.2. The summed E-state index contributed by atoms with van der Waals surface area (Å²) in [5.74, 6) is -0.0924. The predicted molar refractivity (Wildman–Crippen MR) is 83.6 cm³/mol. The number of benzene rings is 1. The Morgan fingerprint density at radius 1 is 1.29 bits per heavy atom. The maximum Gasteiger partial charge on any atom is 0.237 e. The largest absolute Gasteiger partial charge is 0.329 e. The lowest BCUT2D eigenvalue weighted by atomic mass is 10.1. The van der Waals surface area contributed by atoms with E-state index in [0.717, 1.165) is 5.16 Å². The molecule has 0 spiro atoms. The Morgan fingerprint density at radius 2 is 1.95 bits per heavy atom. The monoisotopic (exact) mass is 303 g/mol. The van der Waals surface area contributed by atoms with Gasteiger partial charge in [-0.3, -0.25) is 9.59 Å². The average molecular weight is 303 g/mol. The summed E-state index contributed by atoms with van der Waals surface area (Å²) in [4.78, 5) is 27.5. The average Bonchev–Trinajstić information content (AvgIpc) is 2.84. The third-order valence-electron chi connectivity index (χ3n) is 2.99. The topological polar surface area (TPSA) is 64.0 Å². The summed E-state index contributed by atoms with van der Waals surface area (Å²) in [5.41, 5.74) is 1.31. The Labute approximate surface area is 127 Å². The van der Waals surface area contributed by atoms with Crippen LogP contribution in [0.25, 0.3) is 0 Å².